The Morgan fingerprint density at radius 2 is 0.816 bits per heavy atom. The average molecular weight is 585 g/mol. The van der Waals surface area contributed by atoms with Crippen molar-refractivity contribution in [1.82, 2.24) is 0 Å². The third-order valence-corrected chi connectivity index (χ3v) is 10.8. The summed E-state index contributed by atoms with van der Waals surface area (Å²) in [5.74, 6) is -2.85. The molecule has 2 aliphatic rings. The topological polar surface area (TPSA) is 173 Å². The standard InChI is InChI=1S/C16H26O8S2.C8H14O4/c1-13(17)15(9-5-3-6-10-15)25(19,20)23-24-26(21,22)16(14(2)18)11-7-4-8-12-16;1-5(2)7(9)11-12-8(10)6(3)4/h3-12H2,1-2H3;5-6H,1-4H3. The van der Waals surface area contributed by atoms with Crippen LogP contribution in [-0.2, 0) is 57.9 Å². The lowest BCUT2D eigenvalue weighted by Gasteiger charge is -2.34. The fraction of sp³-hybridized carbons (Fsp3) is 0.833. The second-order valence-electron chi connectivity index (χ2n) is 10.4. The van der Waals surface area contributed by atoms with Crippen molar-refractivity contribution < 1.29 is 54.5 Å². The smallest absolute Gasteiger partial charge is 0.298 e. The van der Waals surface area contributed by atoms with Crippen LogP contribution in [0.3, 0.4) is 0 Å². The number of hydrogen-bond donors (Lipinski definition) is 0. The van der Waals surface area contributed by atoms with Crippen LogP contribution in [0.4, 0.5) is 0 Å². The van der Waals surface area contributed by atoms with Crippen LogP contribution in [0.5, 0.6) is 0 Å². The van der Waals surface area contributed by atoms with E-state index in [0.717, 1.165) is 26.7 Å². The van der Waals surface area contributed by atoms with Crippen molar-refractivity contribution in [3.8, 4) is 0 Å². The first-order chi connectivity index (χ1) is 17.5. The highest BCUT2D eigenvalue weighted by Crippen LogP contribution is 2.40. The molecule has 2 saturated carbocycles. The molecule has 2 aliphatic carbocycles. The van der Waals surface area contributed by atoms with Gasteiger partial charge in [0.1, 0.15) is 0 Å². The summed E-state index contributed by atoms with van der Waals surface area (Å²) in [6.45, 7) is 8.94. The summed E-state index contributed by atoms with van der Waals surface area (Å²) in [7, 11) is -9.26. The van der Waals surface area contributed by atoms with Gasteiger partial charge in [0.2, 0.25) is 0 Å². The van der Waals surface area contributed by atoms with E-state index in [0.29, 0.717) is 25.7 Å². The second-order valence-corrected chi connectivity index (χ2v) is 14.0. The summed E-state index contributed by atoms with van der Waals surface area (Å²) in [5, 5.41) is 0. The third-order valence-electron chi connectivity index (χ3n) is 6.92. The van der Waals surface area contributed by atoms with Gasteiger partial charge in [0.15, 0.2) is 21.1 Å². The number of carbonyl (C=O) groups is 4. The Hall–Kier alpha value is -1.90. The molecule has 14 heteroatoms. The summed E-state index contributed by atoms with van der Waals surface area (Å²) >= 11 is 0. The Morgan fingerprint density at radius 1 is 0.553 bits per heavy atom. The molecule has 0 aromatic carbocycles. The van der Waals surface area contributed by atoms with E-state index in [1.165, 1.54) is 0 Å². The zero-order valence-corrected chi connectivity index (χ0v) is 24.6. The van der Waals surface area contributed by atoms with Crippen LogP contribution < -0.4 is 0 Å². The van der Waals surface area contributed by atoms with E-state index in [-0.39, 0.29) is 37.5 Å². The summed E-state index contributed by atoms with van der Waals surface area (Å²) in [6.07, 6.45) is 3.90. The van der Waals surface area contributed by atoms with Gasteiger partial charge in [-0.25, -0.2) is 19.4 Å². The average Bonchev–Trinajstić information content (AvgIpc) is 2.86. The summed E-state index contributed by atoms with van der Waals surface area (Å²) < 4.78 is 55.8. The molecule has 0 aliphatic heterocycles. The first-order valence-corrected chi connectivity index (χ1v) is 15.6. The predicted octanol–water partition coefficient (Wildman–Crippen LogP) is 3.48. The number of ketones is 2. The van der Waals surface area contributed by atoms with Crippen LogP contribution in [0, 0.1) is 11.8 Å². The molecule has 0 aromatic heterocycles. The molecule has 2 fully saturated rings. The van der Waals surface area contributed by atoms with Crippen molar-refractivity contribution in [2.75, 3.05) is 0 Å². The molecule has 0 amide bonds. The zero-order valence-electron chi connectivity index (χ0n) is 22.9. The Morgan fingerprint density at radius 3 is 1.03 bits per heavy atom. The monoisotopic (exact) mass is 584 g/mol. The minimum Gasteiger partial charge on any atom is -0.298 e. The van der Waals surface area contributed by atoms with Crippen LogP contribution in [0.25, 0.3) is 0 Å². The molecule has 0 atom stereocenters. The van der Waals surface area contributed by atoms with Gasteiger partial charge in [0.25, 0.3) is 0 Å². The fourth-order valence-electron chi connectivity index (χ4n) is 4.28. The molecule has 0 spiro atoms. The fourth-order valence-corrected chi connectivity index (χ4v) is 7.41. The summed E-state index contributed by atoms with van der Waals surface area (Å²) in [6, 6.07) is 0. The van der Waals surface area contributed by atoms with E-state index < -0.39 is 53.2 Å². The van der Waals surface area contributed by atoms with Crippen molar-refractivity contribution in [3.05, 3.63) is 0 Å². The molecular formula is C24H40O12S2. The molecule has 2 rings (SSSR count). The van der Waals surface area contributed by atoms with Gasteiger partial charge in [-0.1, -0.05) is 74.9 Å². The molecule has 0 saturated heterocycles. The van der Waals surface area contributed by atoms with Gasteiger partial charge in [-0.15, -0.1) is 0 Å². The molecular weight excluding hydrogens is 544 g/mol. The van der Waals surface area contributed by atoms with Crippen LogP contribution in [0.2, 0.25) is 0 Å². The Kier molecular flexibility index (Phi) is 12.5. The van der Waals surface area contributed by atoms with Crippen molar-refractivity contribution in [1.29, 1.82) is 0 Å². The van der Waals surface area contributed by atoms with Gasteiger partial charge in [0, 0.05) is 0 Å². The zero-order chi connectivity index (χ0) is 29.4. The van der Waals surface area contributed by atoms with E-state index in [1.54, 1.807) is 27.7 Å². The second kappa shape index (κ2) is 13.9. The minimum absolute atomic E-state index is 0.0614. The van der Waals surface area contributed by atoms with E-state index in [4.69, 9.17) is 0 Å². The molecule has 0 unspecified atom stereocenters. The lowest BCUT2D eigenvalue weighted by atomic mass is 9.86. The first-order valence-electron chi connectivity index (χ1n) is 12.8. The lowest BCUT2D eigenvalue weighted by Crippen LogP contribution is -2.50. The van der Waals surface area contributed by atoms with E-state index in [2.05, 4.69) is 18.4 Å². The van der Waals surface area contributed by atoms with E-state index in [9.17, 15) is 36.0 Å². The maximum Gasteiger partial charge on any atom is 0.358 e. The van der Waals surface area contributed by atoms with Crippen molar-refractivity contribution in [2.45, 2.75) is 115 Å². The normalized spacial score (nSPS) is 19.2. The van der Waals surface area contributed by atoms with E-state index >= 15 is 0 Å². The number of hydrogen-bond acceptors (Lipinski definition) is 12. The Balaban J connectivity index is 0.000000508. The molecule has 12 nitrogen and oxygen atoms in total. The van der Waals surface area contributed by atoms with Crippen LogP contribution in [0.15, 0.2) is 0 Å². The molecule has 0 radical (unpaired) electrons. The van der Waals surface area contributed by atoms with Gasteiger partial charge in [-0.05, 0) is 39.5 Å². The van der Waals surface area contributed by atoms with E-state index in [1.807, 2.05) is 0 Å². The maximum atomic E-state index is 12.6. The van der Waals surface area contributed by atoms with Gasteiger partial charge < -0.3 is 0 Å². The number of rotatable bonds is 9. The summed E-state index contributed by atoms with van der Waals surface area (Å²) in [5.41, 5.74) is 0. The van der Waals surface area contributed by atoms with Crippen molar-refractivity contribution in [2.24, 2.45) is 11.8 Å². The molecule has 0 bridgehead atoms. The van der Waals surface area contributed by atoms with Crippen LogP contribution in [0.1, 0.15) is 106 Å². The quantitative estimate of drug-likeness (QED) is 0.285. The van der Waals surface area contributed by atoms with Crippen molar-refractivity contribution in [3.63, 3.8) is 0 Å². The van der Waals surface area contributed by atoms with Gasteiger partial charge in [-0.2, -0.15) is 16.8 Å². The Bertz CT molecular complexity index is 976. The SMILES string of the molecule is CC(=O)C1(S(=O)(=O)OOS(=O)(=O)C2(C(C)=O)CCCCC2)CCCCC1.CC(C)C(=O)OOC(=O)C(C)C. The highest BCUT2D eigenvalue weighted by Gasteiger charge is 2.54. The number of carbonyl (C=O) groups excluding carboxylic acids is 4. The Labute approximate surface area is 225 Å². The highest BCUT2D eigenvalue weighted by atomic mass is 32.2. The highest BCUT2D eigenvalue weighted by molar-refractivity contribution is 7.91. The lowest BCUT2D eigenvalue weighted by molar-refractivity contribution is -0.263. The number of Topliss-reactive ketones (excluding diaryl/α,β-unsaturated/α-hetero) is 2. The van der Waals surface area contributed by atoms with Crippen LogP contribution >= 0.6 is 0 Å². The maximum absolute atomic E-state index is 12.6. The molecule has 38 heavy (non-hydrogen) atoms. The third kappa shape index (κ3) is 8.06. The molecule has 0 aromatic rings. The van der Waals surface area contributed by atoms with Gasteiger partial charge in [-0.3, -0.25) is 9.59 Å². The predicted molar refractivity (Wildman–Crippen MR) is 135 cm³/mol. The van der Waals surface area contributed by atoms with Gasteiger partial charge >= 0.3 is 32.2 Å². The van der Waals surface area contributed by atoms with Crippen molar-refractivity contribution >= 4 is 43.7 Å². The first kappa shape index (κ1) is 34.1. The van der Waals surface area contributed by atoms with Crippen LogP contribution in [-0.4, -0.2) is 49.8 Å². The molecule has 0 heterocycles. The van der Waals surface area contributed by atoms with Gasteiger partial charge in [0.05, 0.1) is 11.8 Å². The minimum atomic E-state index is -4.63. The molecule has 220 valence electrons. The molecule has 0 N–H and O–H groups in total. The largest absolute Gasteiger partial charge is 0.358 e. The summed E-state index contributed by atoms with van der Waals surface area (Å²) in [4.78, 5) is 54.1.